The van der Waals surface area contributed by atoms with Crippen molar-refractivity contribution in [1.29, 1.82) is 0 Å². The molecule has 28 heteroatoms. The third kappa shape index (κ3) is 44.5. The Morgan fingerprint density at radius 1 is 0.455 bits per heavy atom. The Balaban J connectivity index is -0.000000389. The van der Waals surface area contributed by atoms with Gasteiger partial charge in [-0.2, -0.15) is 0 Å². The highest BCUT2D eigenvalue weighted by atomic mass is 32.2. The number of thioether (sulfide) groups is 4. The molecular formula is C38H80O20P4S4. The van der Waals surface area contributed by atoms with Crippen LogP contribution in [0.4, 0.5) is 0 Å². The molecule has 0 saturated heterocycles. The fourth-order valence-electron chi connectivity index (χ4n) is 3.47. The molecule has 0 aliphatic heterocycles. The quantitative estimate of drug-likeness (QED) is 0.0429. The molecule has 66 heavy (non-hydrogen) atoms. The summed E-state index contributed by atoms with van der Waals surface area (Å²) in [6.45, 7) is 14.0. The summed E-state index contributed by atoms with van der Waals surface area (Å²) in [4.78, 5) is 44.4. The first-order chi connectivity index (χ1) is 30.8. The van der Waals surface area contributed by atoms with E-state index in [0.717, 1.165) is 68.0 Å². The van der Waals surface area contributed by atoms with E-state index < -0.39 is 31.3 Å². The number of carbonyl (C=O) groups is 4. The maximum absolute atomic E-state index is 11.6. The standard InChI is InChI=1S/C11H23O5PS.C10H21O5PS.C9H19O5PS.C8H17O5PS/c1-11(2,3)10(12)18-9-7-6-8-16-17(13,14-4)15-5;1-9(2)10(11)17-8-6-5-7-15-16(12,13-3)14-4;1-4-9(10)16-8-6-5-7-14-15(11,12-2)13-3;1-8(9)15-7-5-4-6-13-14(10,11-2)12-3/h6-9H2,1-5H3;9H,5-8H2,1-4H3;4-8H2,1-3H3;4-7H2,1-3H3. The molecule has 0 unspecified atom stereocenters. The van der Waals surface area contributed by atoms with Crippen molar-refractivity contribution < 1.29 is 91.7 Å². The van der Waals surface area contributed by atoms with Crippen LogP contribution in [0.15, 0.2) is 0 Å². The van der Waals surface area contributed by atoms with E-state index in [2.05, 4.69) is 36.2 Å². The number of phosphoric acid groups is 4. The van der Waals surface area contributed by atoms with Crippen molar-refractivity contribution in [3.8, 4) is 0 Å². The van der Waals surface area contributed by atoms with Gasteiger partial charge in [-0.25, -0.2) is 18.3 Å². The van der Waals surface area contributed by atoms with E-state index in [0.29, 0.717) is 39.3 Å². The Kier molecular flexibility index (Phi) is 49.0. The van der Waals surface area contributed by atoms with Crippen molar-refractivity contribution in [3.05, 3.63) is 0 Å². The van der Waals surface area contributed by atoms with Crippen molar-refractivity contribution >= 4 is 98.8 Å². The van der Waals surface area contributed by atoms with E-state index in [4.69, 9.17) is 18.1 Å². The van der Waals surface area contributed by atoms with Crippen LogP contribution in [0.2, 0.25) is 0 Å². The van der Waals surface area contributed by atoms with Crippen molar-refractivity contribution in [2.45, 2.75) is 106 Å². The topological polar surface area (TPSA) is 247 Å². The van der Waals surface area contributed by atoms with Crippen molar-refractivity contribution in [2.24, 2.45) is 11.3 Å². The minimum atomic E-state index is -3.35. The Morgan fingerprint density at radius 2 is 0.727 bits per heavy atom. The molecule has 0 aliphatic rings. The SMILES string of the molecule is CCC(=O)SCCCCOP(=O)(OC)OC.COP(=O)(OC)OCCCCSC(=O)C(C)(C)C.COP(=O)(OC)OCCCCSC(=O)C(C)C.COP(=O)(OC)OCCCCSC(C)=O. The van der Waals surface area contributed by atoms with E-state index in [9.17, 15) is 37.4 Å². The molecule has 20 nitrogen and oxygen atoms in total. The zero-order chi connectivity index (χ0) is 51.7. The van der Waals surface area contributed by atoms with Crippen LogP contribution in [-0.2, 0) is 91.7 Å². The number of phosphoric ester groups is 4. The van der Waals surface area contributed by atoms with Gasteiger partial charge in [-0.15, -0.1) is 0 Å². The molecular weight excluding hydrogens is 1030 g/mol. The number of carbonyl (C=O) groups excluding carboxylic acids is 4. The van der Waals surface area contributed by atoms with E-state index in [-0.39, 0.29) is 31.8 Å². The van der Waals surface area contributed by atoms with Gasteiger partial charge in [0, 0.05) is 105 Å². The highest BCUT2D eigenvalue weighted by molar-refractivity contribution is 8.14. The minimum absolute atomic E-state index is 0.0680. The van der Waals surface area contributed by atoms with Crippen LogP contribution in [0.1, 0.15) is 106 Å². The molecule has 0 atom stereocenters. The van der Waals surface area contributed by atoms with E-state index >= 15 is 0 Å². The normalized spacial score (nSPS) is 12.1. The summed E-state index contributed by atoms with van der Waals surface area (Å²) in [5, 5.41) is 0.684. The maximum atomic E-state index is 11.6. The van der Waals surface area contributed by atoms with Gasteiger partial charge in [-0.05, 0) is 51.4 Å². The molecule has 396 valence electrons. The number of hydrogen-bond acceptors (Lipinski definition) is 24. The first kappa shape index (κ1) is 73.1. The lowest BCUT2D eigenvalue weighted by atomic mass is 10.00. The van der Waals surface area contributed by atoms with Crippen LogP contribution in [0.5, 0.6) is 0 Å². The Labute approximate surface area is 412 Å². The van der Waals surface area contributed by atoms with Gasteiger partial charge in [0.2, 0.25) is 0 Å². The molecule has 0 bridgehead atoms. The summed E-state index contributed by atoms with van der Waals surface area (Å²) in [6.07, 6.45) is 6.75. The lowest BCUT2D eigenvalue weighted by molar-refractivity contribution is -0.117. The molecule has 0 saturated carbocycles. The van der Waals surface area contributed by atoms with Gasteiger partial charge in [-0.1, -0.05) is 88.6 Å². The summed E-state index contributed by atoms with van der Waals surface area (Å²) in [5.41, 5.74) is -0.303. The second-order valence-corrected chi connectivity index (χ2v) is 26.2. The fraction of sp³-hybridized carbons (Fsp3) is 0.895. The molecule has 0 spiro atoms. The van der Waals surface area contributed by atoms with Crippen molar-refractivity contribution in [3.63, 3.8) is 0 Å². The number of hydrogen-bond donors (Lipinski definition) is 0. The second kappa shape index (κ2) is 44.2. The summed E-state index contributed by atoms with van der Waals surface area (Å²) >= 11 is 5.25. The highest BCUT2D eigenvalue weighted by Gasteiger charge is 2.25. The molecule has 0 N–H and O–H groups in total. The average Bonchev–Trinajstić information content (AvgIpc) is 3.30. The van der Waals surface area contributed by atoms with Crippen LogP contribution >= 0.6 is 78.3 Å². The summed E-state index contributed by atoms with van der Waals surface area (Å²) in [7, 11) is -3.12. The van der Waals surface area contributed by atoms with Crippen molar-refractivity contribution in [2.75, 3.05) is 106 Å². The smallest absolute Gasteiger partial charge is 0.290 e. The predicted octanol–water partition coefficient (Wildman–Crippen LogP) is 11.9. The summed E-state index contributed by atoms with van der Waals surface area (Å²) in [6, 6.07) is 0. The van der Waals surface area contributed by atoms with E-state index in [1.54, 1.807) is 0 Å². The monoisotopic (exact) mass is 1110 g/mol. The molecule has 0 aromatic rings. The van der Waals surface area contributed by atoms with Crippen LogP contribution in [0, 0.1) is 11.3 Å². The van der Waals surface area contributed by atoms with Gasteiger partial charge in [0.05, 0.1) is 26.4 Å². The first-order valence-electron chi connectivity index (χ1n) is 20.9. The lowest BCUT2D eigenvalue weighted by Crippen LogP contribution is -2.16. The minimum Gasteiger partial charge on any atom is -0.290 e. The van der Waals surface area contributed by atoms with Gasteiger partial charge in [0.25, 0.3) is 0 Å². The summed E-state index contributed by atoms with van der Waals surface area (Å²) in [5.74, 6) is 3.08. The molecule has 0 aromatic carbocycles. The molecule has 0 heterocycles. The maximum Gasteiger partial charge on any atom is 0.474 e. The Morgan fingerprint density at radius 3 is 0.970 bits per heavy atom. The second-order valence-electron chi connectivity index (χ2n) is 14.0. The zero-order valence-corrected chi connectivity index (χ0v) is 48.5. The number of unbranched alkanes of at least 4 members (excludes halogenated alkanes) is 4. The lowest BCUT2D eigenvalue weighted by Gasteiger charge is -2.15. The Bertz CT molecular complexity index is 1440. The van der Waals surface area contributed by atoms with E-state index in [1.165, 1.54) is 111 Å². The molecule has 0 aromatic heterocycles. The predicted molar refractivity (Wildman–Crippen MR) is 267 cm³/mol. The zero-order valence-electron chi connectivity index (χ0n) is 41.7. The highest BCUT2D eigenvalue weighted by Crippen LogP contribution is 2.49. The van der Waals surface area contributed by atoms with E-state index in [1.807, 2.05) is 41.5 Å². The van der Waals surface area contributed by atoms with Gasteiger partial charge >= 0.3 is 31.3 Å². The first-order valence-corrected chi connectivity index (χ1v) is 30.7. The average molecular weight is 1110 g/mol. The van der Waals surface area contributed by atoms with Gasteiger partial charge in [-0.3, -0.25) is 73.5 Å². The largest absolute Gasteiger partial charge is 0.474 e. The van der Waals surface area contributed by atoms with Gasteiger partial charge in [0.1, 0.15) is 0 Å². The molecule has 0 aliphatic carbocycles. The fourth-order valence-corrected chi connectivity index (χ4v) is 9.58. The molecule has 0 radical (unpaired) electrons. The van der Waals surface area contributed by atoms with Gasteiger partial charge < -0.3 is 0 Å². The summed E-state index contributed by atoms with van der Waals surface area (Å²) < 4.78 is 103. The van der Waals surface area contributed by atoms with Crippen LogP contribution in [-0.4, -0.2) is 127 Å². The van der Waals surface area contributed by atoms with Crippen LogP contribution in [0.25, 0.3) is 0 Å². The van der Waals surface area contributed by atoms with Crippen molar-refractivity contribution in [1.82, 2.24) is 0 Å². The van der Waals surface area contributed by atoms with Gasteiger partial charge in [0.15, 0.2) is 20.5 Å². The van der Waals surface area contributed by atoms with Crippen LogP contribution < -0.4 is 0 Å². The van der Waals surface area contributed by atoms with Crippen LogP contribution in [0.3, 0.4) is 0 Å². The molecule has 0 rings (SSSR count). The number of rotatable bonds is 34. The molecule has 0 amide bonds. The third-order valence-electron chi connectivity index (χ3n) is 7.36. The Hall–Kier alpha value is 0.520. The molecule has 0 fully saturated rings. The third-order valence-corrected chi connectivity index (χ3v) is 17.6.